The lowest BCUT2D eigenvalue weighted by molar-refractivity contribution is 0.211. The standard InChI is InChI=1S/C7H12FN/c1-6-3-4-9(2)5-7(6)8/h7H,1,3-5H2,2H3/t7-/m1/s1. The summed E-state index contributed by atoms with van der Waals surface area (Å²) in [5.41, 5.74) is 0.758. The first kappa shape index (κ1) is 6.75. The van der Waals surface area contributed by atoms with Gasteiger partial charge in [-0.05, 0) is 19.0 Å². The van der Waals surface area contributed by atoms with Crippen molar-refractivity contribution >= 4 is 0 Å². The summed E-state index contributed by atoms with van der Waals surface area (Å²) in [5.74, 6) is 0. The Morgan fingerprint density at radius 3 is 2.89 bits per heavy atom. The van der Waals surface area contributed by atoms with Crippen LogP contribution in [0.15, 0.2) is 12.2 Å². The highest BCUT2D eigenvalue weighted by atomic mass is 19.1. The van der Waals surface area contributed by atoms with Gasteiger partial charge < -0.3 is 4.90 Å². The van der Waals surface area contributed by atoms with E-state index in [0.717, 1.165) is 18.5 Å². The third-order valence-electron chi connectivity index (χ3n) is 1.73. The molecule has 0 aliphatic carbocycles. The van der Waals surface area contributed by atoms with Crippen LogP contribution in [0, 0.1) is 0 Å². The van der Waals surface area contributed by atoms with Gasteiger partial charge in [-0.1, -0.05) is 6.58 Å². The first-order valence-corrected chi connectivity index (χ1v) is 3.20. The quantitative estimate of drug-likeness (QED) is 0.444. The van der Waals surface area contributed by atoms with Crippen molar-refractivity contribution in [3.05, 3.63) is 12.2 Å². The van der Waals surface area contributed by atoms with Crippen LogP contribution in [-0.4, -0.2) is 31.2 Å². The van der Waals surface area contributed by atoms with Crippen molar-refractivity contribution in [3.8, 4) is 0 Å². The number of alkyl halides is 1. The second-order valence-corrected chi connectivity index (χ2v) is 2.64. The number of hydrogen-bond acceptors (Lipinski definition) is 1. The van der Waals surface area contributed by atoms with E-state index in [4.69, 9.17) is 0 Å². The van der Waals surface area contributed by atoms with Crippen LogP contribution in [0.1, 0.15) is 6.42 Å². The first-order chi connectivity index (χ1) is 4.20. The normalized spacial score (nSPS) is 30.9. The lowest BCUT2D eigenvalue weighted by Gasteiger charge is -2.26. The van der Waals surface area contributed by atoms with E-state index in [0.29, 0.717) is 6.54 Å². The topological polar surface area (TPSA) is 3.24 Å². The Labute approximate surface area is 55.2 Å². The maximum Gasteiger partial charge on any atom is 0.134 e. The summed E-state index contributed by atoms with van der Waals surface area (Å²) in [6.07, 6.45) is 0.0289. The van der Waals surface area contributed by atoms with Gasteiger partial charge in [0.05, 0.1) is 0 Å². The first-order valence-electron chi connectivity index (χ1n) is 3.20. The molecule has 2 heteroatoms. The molecule has 9 heavy (non-hydrogen) atoms. The molecule has 1 aliphatic rings. The molecular formula is C7H12FN. The van der Waals surface area contributed by atoms with Crippen LogP contribution in [0.2, 0.25) is 0 Å². The highest BCUT2D eigenvalue weighted by Gasteiger charge is 2.18. The molecule has 52 valence electrons. The van der Waals surface area contributed by atoms with Crippen molar-refractivity contribution in [1.82, 2.24) is 4.90 Å². The zero-order valence-corrected chi connectivity index (χ0v) is 5.73. The molecule has 1 aliphatic heterocycles. The minimum atomic E-state index is -0.788. The summed E-state index contributed by atoms with van der Waals surface area (Å²) in [7, 11) is 1.93. The van der Waals surface area contributed by atoms with E-state index in [1.807, 2.05) is 11.9 Å². The van der Waals surface area contributed by atoms with E-state index in [1.165, 1.54) is 0 Å². The lowest BCUT2D eigenvalue weighted by Crippen LogP contribution is -2.34. The maximum absolute atomic E-state index is 12.7. The lowest BCUT2D eigenvalue weighted by atomic mass is 10.1. The van der Waals surface area contributed by atoms with Crippen LogP contribution in [0.4, 0.5) is 4.39 Å². The van der Waals surface area contributed by atoms with Crippen molar-refractivity contribution in [2.45, 2.75) is 12.6 Å². The van der Waals surface area contributed by atoms with E-state index in [2.05, 4.69) is 6.58 Å². The smallest absolute Gasteiger partial charge is 0.134 e. The van der Waals surface area contributed by atoms with E-state index >= 15 is 0 Å². The summed E-state index contributed by atoms with van der Waals surface area (Å²) in [5, 5.41) is 0. The number of hydrogen-bond donors (Lipinski definition) is 0. The van der Waals surface area contributed by atoms with Crippen molar-refractivity contribution < 1.29 is 4.39 Å². The molecule has 0 spiro atoms. The SMILES string of the molecule is C=C1CCN(C)C[C@H]1F. The van der Waals surface area contributed by atoms with Gasteiger partial charge in [0.25, 0.3) is 0 Å². The summed E-state index contributed by atoms with van der Waals surface area (Å²) >= 11 is 0. The van der Waals surface area contributed by atoms with Gasteiger partial charge in [0.2, 0.25) is 0 Å². The predicted octanol–water partition coefficient (Wildman–Crippen LogP) is 1.22. The van der Waals surface area contributed by atoms with Crippen molar-refractivity contribution in [2.24, 2.45) is 0 Å². The van der Waals surface area contributed by atoms with Crippen LogP contribution < -0.4 is 0 Å². The molecule has 0 unspecified atom stereocenters. The molecule has 1 saturated heterocycles. The number of likely N-dealkylation sites (tertiary alicyclic amines) is 1. The summed E-state index contributed by atoms with van der Waals surface area (Å²) in [4.78, 5) is 1.99. The molecule has 1 rings (SSSR count). The third kappa shape index (κ3) is 1.52. The van der Waals surface area contributed by atoms with Crippen LogP contribution in [-0.2, 0) is 0 Å². The summed E-state index contributed by atoms with van der Waals surface area (Å²) < 4.78 is 12.7. The molecule has 0 N–H and O–H groups in total. The molecule has 0 radical (unpaired) electrons. The molecule has 0 bridgehead atoms. The van der Waals surface area contributed by atoms with Crippen LogP contribution in [0.5, 0.6) is 0 Å². The molecule has 0 saturated carbocycles. The molecular weight excluding hydrogens is 117 g/mol. The highest BCUT2D eigenvalue weighted by Crippen LogP contribution is 2.15. The second-order valence-electron chi connectivity index (χ2n) is 2.64. The molecule has 0 aromatic heterocycles. The Morgan fingerprint density at radius 2 is 2.44 bits per heavy atom. The van der Waals surface area contributed by atoms with Crippen LogP contribution in [0.25, 0.3) is 0 Å². The number of nitrogens with zero attached hydrogens (tertiary/aromatic N) is 1. The Bertz CT molecular complexity index is 122. The fourth-order valence-electron chi connectivity index (χ4n) is 0.985. The van der Waals surface area contributed by atoms with Crippen molar-refractivity contribution in [1.29, 1.82) is 0 Å². The van der Waals surface area contributed by atoms with Gasteiger partial charge >= 0.3 is 0 Å². The Kier molecular flexibility index (Phi) is 1.86. The molecule has 1 heterocycles. The Morgan fingerprint density at radius 1 is 1.78 bits per heavy atom. The highest BCUT2D eigenvalue weighted by molar-refractivity contribution is 5.06. The van der Waals surface area contributed by atoms with Gasteiger partial charge in [-0.3, -0.25) is 0 Å². The second kappa shape index (κ2) is 2.48. The molecule has 0 amide bonds. The van der Waals surface area contributed by atoms with E-state index in [-0.39, 0.29) is 0 Å². The van der Waals surface area contributed by atoms with Gasteiger partial charge in [0.1, 0.15) is 6.17 Å². The van der Waals surface area contributed by atoms with E-state index < -0.39 is 6.17 Å². The molecule has 0 aromatic rings. The number of piperidine rings is 1. The third-order valence-corrected chi connectivity index (χ3v) is 1.73. The van der Waals surface area contributed by atoms with Gasteiger partial charge in [0.15, 0.2) is 0 Å². The zero-order valence-electron chi connectivity index (χ0n) is 5.73. The average molecular weight is 129 g/mol. The number of rotatable bonds is 0. The molecule has 0 aromatic carbocycles. The minimum Gasteiger partial charge on any atom is -0.303 e. The maximum atomic E-state index is 12.7. The minimum absolute atomic E-state index is 0.527. The molecule has 1 atom stereocenters. The van der Waals surface area contributed by atoms with Crippen LogP contribution in [0.3, 0.4) is 0 Å². The van der Waals surface area contributed by atoms with Crippen LogP contribution >= 0.6 is 0 Å². The fourth-order valence-corrected chi connectivity index (χ4v) is 0.985. The van der Waals surface area contributed by atoms with Gasteiger partial charge in [0, 0.05) is 13.1 Å². The van der Waals surface area contributed by atoms with Crippen molar-refractivity contribution in [3.63, 3.8) is 0 Å². The van der Waals surface area contributed by atoms with E-state index in [9.17, 15) is 4.39 Å². The zero-order chi connectivity index (χ0) is 6.85. The Hall–Kier alpha value is -0.370. The fraction of sp³-hybridized carbons (Fsp3) is 0.714. The van der Waals surface area contributed by atoms with Gasteiger partial charge in [-0.2, -0.15) is 0 Å². The van der Waals surface area contributed by atoms with E-state index in [1.54, 1.807) is 0 Å². The Balaban J connectivity index is 2.44. The van der Waals surface area contributed by atoms with Crippen molar-refractivity contribution in [2.75, 3.05) is 20.1 Å². The largest absolute Gasteiger partial charge is 0.303 e. The number of halogens is 1. The molecule has 1 nitrogen and oxygen atoms in total. The molecule has 1 fully saturated rings. The van der Waals surface area contributed by atoms with Gasteiger partial charge in [-0.25, -0.2) is 4.39 Å². The monoisotopic (exact) mass is 129 g/mol. The predicted molar refractivity (Wildman–Crippen MR) is 36.1 cm³/mol. The summed E-state index contributed by atoms with van der Waals surface area (Å²) in [6.45, 7) is 5.11. The van der Waals surface area contributed by atoms with Gasteiger partial charge in [-0.15, -0.1) is 0 Å². The summed E-state index contributed by atoms with van der Waals surface area (Å²) in [6, 6.07) is 0. The average Bonchev–Trinajstić information content (AvgIpc) is 1.80.